The molecule has 0 saturated heterocycles. The lowest BCUT2D eigenvalue weighted by molar-refractivity contribution is 0.0952. The molecule has 2 heterocycles. The Balaban J connectivity index is 2.55. The molecule has 2 N–H and O–H groups in total. The number of nitrogens with one attached hydrogen (secondary N) is 2. The van der Waals surface area contributed by atoms with Crippen molar-refractivity contribution in [1.82, 2.24) is 9.88 Å². The van der Waals surface area contributed by atoms with Crippen molar-refractivity contribution in [2.45, 2.75) is 0 Å². The van der Waals surface area contributed by atoms with Gasteiger partial charge in [0.2, 0.25) is 0 Å². The first-order chi connectivity index (χ1) is 5.29. The summed E-state index contributed by atoms with van der Waals surface area (Å²) in [4.78, 5) is 11.1. The maximum absolute atomic E-state index is 11.1. The molecule has 11 heavy (non-hydrogen) atoms. The molecule has 0 radical (unpaired) electrons. The van der Waals surface area contributed by atoms with E-state index in [4.69, 9.17) is 0 Å². The summed E-state index contributed by atoms with van der Waals surface area (Å²) in [6, 6.07) is 1.80. The normalized spacial score (nSPS) is 15.2. The van der Waals surface area contributed by atoms with E-state index in [0.717, 1.165) is 11.4 Å². The average molecular weight is 151 g/mol. The Labute approximate surface area is 64.2 Å². The number of carbonyl (C=O) groups excluding carboxylic acids is 1. The van der Waals surface area contributed by atoms with Crippen LogP contribution in [0.5, 0.6) is 0 Å². The topological polar surface area (TPSA) is 46.1 Å². The van der Waals surface area contributed by atoms with Crippen LogP contribution in [0.3, 0.4) is 0 Å². The first kappa shape index (κ1) is 6.27. The summed E-state index contributed by atoms with van der Waals surface area (Å²) < 4.78 is 1.90. The fraction of sp³-hybridized carbons (Fsp3) is 0.286. The molecule has 0 spiro atoms. The van der Waals surface area contributed by atoms with E-state index >= 15 is 0 Å². The van der Waals surface area contributed by atoms with Crippen molar-refractivity contribution < 1.29 is 4.79 Å². The molecule has 1 aromatic heterocycles. The summed E-state index contributed by atoms with van der Waals surface area (Å²) in [5.74, 6) is 0.896. The second kappa shape index (κ2) is 2.02. The number of anilines is 1. The Kier molecular flexibility index (Phi) is 1.15. The molecule has 0 unspecified atom stereocenters. The predicted molar refractivity (Wildman–Crippen MR) is 41.4 cm³/mol. The van der Waals surface area contributed by atoms with Crippen LogP contribution in [-0.2, 0) is 7.05 Å². The van der Waals surface area contributed by atoms with Crippen LogP contribution in [0, 0.1) is 0 Å². The molecule has 0 saturated carbocycles. The van der Waals surface area contributed by atoms with Gasteiger partial charge in [-0.05, 0) is 6.07 Å². The SMILES string of the molecule is Cn1ccc2c1NCNC2=O. The molecule has 0 fully saturated rings. The van der Waals surface area contributed by atoms with Gasteiger partial charge in [-0.15, -0.1) is 0 Å². The molecular formula is C7H9N3O. The van der Waals surface area contributed by atoms with E-state index in [9.17, 15) is 4.79 Å². The highest BCUT2D eigenvalue weighted by molar-refractivity contribution is 6.00. The number of aryl methyl sites for hydroxylation is 1. The van der Waals surface area contributed by atoms with E-state index in [1.54, 1.807) is 6.07 Å². The molecule has 1 aliphatic rings. The molecule has 1 aliphatic heterocycles. The number of nitrogens with zero attached hydrogens (tertiary/aromatic N) is 1. The van der Waals surface area contributed by atoms with Gasteiger partial charge in [0.1, 0.15) is 5.82 Å². The second-order valence-corrected chi connectivity index (χ2v) is 2.55. The summed E-state index contributed by atoms with van der Waals surface area (Å²) in [7, 11) is 1.91. The lowest BCUT2D eigenvalue weighted by atomic mass is 10.2. The van der Waals surface area contributed by atoms with Crippen LogP contribution in [0.4, 0.5) is 5.82 Å². The van der Waals surface area contributed by atoms with Crippen LogP contribution < -0.4 is 10.6 Å². The van der Waals surface area contributed by atoms with Crippen molar-refractivity contribution in [2.75, 3.05) is 12.0 Å². The quantitative estimate of drug-likeness (QED) is 0.554. The molecule has 2 rings (SSSR count). The Morgan fingerprint density at radius 3 is 3.09 bits per heavy atom. The third-order valence-electron chi connectivity index (χ3n) is 1.82. The van der Waals surface area contributed by atoms with Gasteiger partial charge in [0, 0.05) is 13.2 Å². The summed E-state index contributed by atoms with van der Waals surface area (Å²) in [5.41, 5.74) is 0.721. The zero-order valence-electron chi connectivity index (χ0n) is 6.22. The highest BCUT2D eigenvalue weighted by Gasteiger charge is 2.17. The van der Waals surface area contributed by atoms with E-state index in [0.29, 0.717) is 6.67 Å². The molecule has 4 heteroatoms. The highest BCUT2D eigenvalue weighted by atomic mass is 16.1. The Hall–Kier alpha value is -1.45. The monoisotopic (exact) mass is 151 g/mol. The first-order valence-electron chi connectivity index (χ1n) is 3.46. The van der Waals surface area contributed by atoms with Crippen molar-refractivity contribution in [2.24, 2.45) is 7.05 Å². The van der Waals surface area contributed by atoms with Gasteiger partial charge < -0.3 is 15.2 Å². The minimum atomic E-state index is -0.000602. The van der Waals surface area contributed by atoms with Crippen molar-refractivity contribution in [3.8, 4) is 0 Å². The average Bonchev–Trinajstić information content (AvgIpc) is 2.35. The summed E-state index contributed by atoms with van der Waals surface area (Å²) in [5, 5.41) is 5.76. The smallest absolute Gasteiger partial charge is 0.256 e. The third kappa shape index (κ3) is 0.790. The van der Waals surface area contributed by atoms with Gasteiger partial charge in [-0.2, -0.15) is 0 Å². The third-order valence-corrected chi connectivity index (χ3v) is 1.82. The molecule has 1 amide bonds. The van der Waals surface area contributed by atoms with Crippen LogP contribution in [0.1, 0.15) is 10.4 Å². The molecular weight excluding hydrogens is 142 g/mol. The number of aromatic nitrogens is 1. The molecule has 0 atom stereocenters. The van der Waals surface area contributed by atoms with Crippen molar-refractivity contribution in [3.05, 3.63) is 17.8 Å². The Morgan fingerprint density at radius 2 is 2.36 bits per heavy atom. The van der Waals surface area contributed by atoms with Gasteiger partial charge in [-0.1, -0.05) is 0 Å². The van der Waals surface area contributed by atoms with Gasteiger partial charge >= 0.3 is 0 Å². The van der Waals surface area contributed by atoms with Crippen LogP contribution >= 0.6 is 0 Å². The lowest BCUT2D eigenvalue weighted by Gasteiger charge is -2.16. The van der Waals surface area contributed by atoms with E-state index in [1.165, 1.54) is 0 Å². The van der Waals surface area contributed by atoms with Crippen LogP contribution in [0.25, 0.3) is 0 Å². The fourth-order valence-corrected chi connectivity index (χ4v) is 1.24. The molecule has 4 nitrogen and oxygen atoms in total. The van der Waals surface area contributed by atoms with Crippen LogP contribution in [0.2, 0.25) is 0 Å². The summed E-state index contributed by atoms with van der Waals surface area (Å²) >= 11 is 0. The Morgan fingerprint density at radius 1 is 1.55 bits per heavy atom. The van der Waals surface area contributed by atoms with E-state index in [-0.39, 0.29) is 5.91 Å². The van der Waals surface area contributed by atoms with Gasteiger partial charge in [-0.25, -0.2) is 0 Å². The van der Waals surface area contributed by atoms with E-state index < -0.39 is 0 Å². The largest absolute Gasteiger partial charge is 0.353 e. The molecule has 1 aromatic rings. The number of hydrogen-bond donors (Lipinski definition) is 2. The second-order valence-electron chi connectivity index (χ2n) is 2.55. The van der Waals surface area contributed by atoms with Gasteiger partial charge in [0.05, 0.1) is 12.2 Å². The fourth-order valence-electron chi connectivity index (χ4n) is 1.24. The molecule has 0 aromatic carbocycles. The minimum Gasteiger partial charge on any atom is -0.353 e. The minimum absolute atomic E-state index is 0.000602. The number of rotatable bonds is 0. The van der Waals surface area contributed by atoms with E-state index in [1.807, 2.05) is 17.8 Å². The zero-order chi connectivity index (χ0) is 7.84. The lowest BCUT2D eigenvalue weighted by Crippen LogP contribution is -2.34. The number of hydrogen-bond acceptors (Lipinski definition) is 2. The van der Waals surface area contributed by atoms with Crippen molar-refractivity contribution in [1.29, 1.82) is 0 Å². The van der Waals surface area contributed by atoms with Gasteiger partial charge in [-0.3, -0.25) is 4.79 Å². The highest BCUT2D eigenvalue weighted by Crippen LogP contribution is 2.17. The van der Waals surface area contributed by atoms with Crippen LogP contribution in [0.15, 0.2) is 12.3 Å². The van der Waals surface area contributed by atoms with Crippen LogP contribution in [-0.4, -0.2) is 17.1 Å². The zero-order valence-corrected chi connectivity index (χ0v) is 6.22. The van der Waals surface area contributed by atoms with Crippen molar-refractivity contribution >= 4 is 11.7 Å². The number of carbonyl (C=O) groups is 1. The van der Waals surface area contributed by atoms with Gasteiger partial charge in [0.15, 0.2) is 0 Å². The summed E-state index contributed by atoms with van der Waals surface area (Å²) in [6.07, 6.45) is 1.86. The predicted octanol–water partition coefficient (Wildman–Crippen LogP) is 0.138. The van der Waals surface area contributed by atoms with Crippen molar-refractivity contribution in [3.63, 3.8) is 0 Å². The molecule has 58 valence electrons. The maximum Gasteiger partial charge on any atom is 0.256 e. The number of amides is 1. The summed E-state index contributed by atoms with van der Waals surface area (Å²) in [6.45, 7) is 0.518. The standard InChI is InChI=1S/C7H9N3O/c1-10-3-2-5-6(10)8-4-9-7(5)11/h2-3,8H,4H2,1H3,(H,9,11). The number of fused-ring (bicyclic) bond motifs is 1. The molecule has 0 aliphatic carbocycles. The Bertz CT molecular complexity index is 303. The maximum atomic E-state index is 11.1. The first-order valence-corrected chi connectivity index (χ1v) is 3.46. The van der Waals surface area contributed by atoms with Gasteiger partial charge in [0.25, 0.3) is 5.91 Å². The van der Waals surface area contributed by atoms with E-state index in [2.05, 4.69) is 10.6 Å². The molecule has 0 bridgehead atoms.